The number of nitrogens with zero attached hydrogens (tertiary/aromatic N) is 1. The summed E-state index contributed by atoms with van der Waals surface area (Å²) >= 11 is 0. The summed E-state index contributed by atoms with van der Waals surface area (Å²) in [4.78, 5) is 4.44. The first-order chi connectivity index (χ1) is 8.65. The number of hydrogen-bond acceptors (Lipinski definition) is 3. The average Bonchev–Trinajstić information content (AvgIpc) is 2.37. The quantitative estimate of drug-likeness (QED) is 0.771. The van der Waals surface area contributed by atoms with E-state index in [2.05, 4.69) is 24.6 Å². The third-order valence-electron chi connectivity index (χ3n) is 2.85. The van der Waals surface area contributed by atoms with Gasteiger partial charge in [0.1, 0.15) is 12.4 Å². The Morgan fingerprint density at radius 2 is 2.00 bits per heavy atom. The second-order valence-corrected chi connectivity index (χ2v) is 4.22. The molecule has 0 unspecified atom stereocenters. The van der Waals surface area contributed by atoms with E-state index in [1.165, 1.54) is 0 Å². The van der Waals surface area contributed by atoms with Crippen molar-refractivity contribution in [2.45, 2.75) is 13.8 Å². The van der Waals surface area contributed by atoms with E-state index in [1.807, 2.05) is 19.1 Å². The molecule has 0 saturated carbocycles. The first-order valence-electron chi connectivity index (χ1n) is 5.85. The lowest BCUT2D eigenvalue weighted by Crippen LogP contribution is -1.97. The smallest absolute Gasteiger partial charge is 0.213 e. The number of aromatic nitrogens is 1. The normalized spacial score (nSPS) is 10.4. The topological polar surface area (TPSA) is 31.4 Å². The maximum atomic E-state index is 5.61. The maximum Gasteiger partial charge on any atom is 0.213 e. The van der Waals surface area contributed by atoms with Gasteiger partial charge in [0.25, 0.3) is 0 Å². The van der Waals surface area contributed by atoms with Crippen molar-refractivity contribution in [3.8, 4) is 11.6 Å². The third-order valence-corrected chi connectivity index (χ3v) is 2.85. The Bertz CT molecular complexity index is 591. The lowest BCUT2D eigenvalue weighted by molar-refractivity contribution is 0.361. The number of fused-ring (bicyclic) bond motifs is 1. The minimum atomic E-state index is 0.495. The Morgan fingerprint density at radius 3 is 2.67 bits per heavy atom. The number of benzene rings is 1. The fourth-order valence-electron chi connectivity index (χ4n) is 1.91. The molecule has 0 saturated heterocycles. The summed E-state index contributed by atoms with van der Waals surface area (Å²) in [6.07, 6.45) is 1.73. The van der Waals surface area contributed by atoms with E-state index in [0.29, 0.717) is 12.5 Å². The van der Waals surface area contributed by atoms with Crippen LogP contribution in [0.15, 0.2) is 30.9 Å². The highest BCUT2D eigenvalue weighted by Crippen LogP contribution is 2.28. The lowest BCUT2D eigenvalue weighted by atomic mass is 10.1. The van der Waals surface area contributed by atoms with Crippen molar-refractivity contribution in [2.75, 3.05) is 13.7 Å². The monoisotopic (exact) mass is 243 g/mol. The van der Waals surface area contributed by atoms with Crippen LogP contribution in [0.1, 0.15) is 11.1 Å². The van der Waals surface area contributed by atoms with Gasteiger partial charge < -0.3 is 9.47 Å². The highest BCUT2D eigenvalue weighted by molar-refractivity contribution is 5.85. The summed E-state index contributed by atoms with van der Waals surface area (Å²) in [6.45, 7) is 8.23. The van der Waals surface area contributed by atoms with E-state index in [0.717, 1.165) is 27.8 Å². The number of aryl methyl sites for hydroxylation is 2. The first-order valence-corrected chi connectivity index (χ1v) is 5.85. The predicted octanol–water partition coefficient (Wildman–Crippen LogP) is 3.43. The zero-order valence-corrected chi connectivity index (χ0v) is 11.0. The molecule has 2 aromatic rings. The van der Waals surface area contributed by atoms with Crippen molar-refractivity contribution in [1.29, 1.82) is 0 Å². The highest BCUT2D eigenvalue weighted by atomic mass is 16.5. The van der Waals surface area contributed by atoms with E-state index in [9.17, 15) is 0 Å². The maximum absolute atomic E-state index is 5.61. The average molecular weight is 243 g/mol. The van der Waals surface area contributed by atoms with Crippen LogP contribution in [-0.4, -0.2) is 18.7 Å². The molecular formula is C15H17NO2. The van der Waals surface area contributed by atoms with Gasteiger partial charge in [0, 0.05) is 17.5 Å². The molecule has 94 valence electrons. The molecule has 0 amide bonds. The van der Waals surface area contributed by atoms with Crippen LogP contribution in [-0.2, 0) is 0 Å². The fourth-order valence-corrected chi connectivity index (χ4v) is 1.91. The molecule has 1 aromatic carbocycles. The van der Waals surface area contributed by atoms with Gasteiger partial charge in [0.05, 0.1) is 12.6 Å². The Kier molecular flexibility index (Phi) is 3.51. The molecule has 0 fully saturated rings. The molecule has 1 heterocycles. The Balaban J connectivity index is 2.57. The standard InChI is InChI=1S/C15H17NO2/c1-5-6-18-14-9-13-12(7-11(14)3)10(2)8-15(16-13)17-4/h5,7-9H,1,6H2,2-4H3. The number of methoxy groups -OCH3 is 1. The Morgan fingerprint density at radius 1 is 1.22 bits per heavy atom. The number of hydrogen-bond donors (Lipinski definition) is 0. The van der Waals surface area contributed by atoms with Gasteiger partial charge in [0.15, 0.2) is 0 Å². The highest BCUT2D eigenvalue weighted by Gasteiger charge is 2.07. The van der Waals surface area contributed by atoms with Crippen molar-refractivity contribution in [3.05, 3.63) is 42.0 Å². The van der Waals surface area contributed by atoms with E-state index < -0.39 is 0 Å². The van der Waals surface area contributed by atoms with Crippen molar-refractivity contribution < 1.29 is 9.47 Å². The summed E-state index contributed by atoms with van der Waals surface area (Å²) in [7, 11) is 1.62. The Labute approximate surface area is 107 Å². The van der Waals surface area contributed by atoms with Gasteiger partial charge in [-0.3, -0.25) is 0 Å². The van der Waals surface area contributed by atoms with Crippen LogP contribution >= 0.6 is 0 Å². The largest absolute Gasteiger partial charge is 0.489 e. The molecule has 18 heavy (non-hydrogen) atoms. The van der Waals surface area contributed by atoms with E-state index in [1.54, 1.807) is 13.2 Å². The molecule has 0 aliphatic carbocycles. The summed E-state index contributed by atoms with van der Waals surface area (Å²) in [5.41, 5.74) is 3.13. The molecule has 3 heteroatoms. The first kappa shape index (κ1) is 12.4. The predicted molar refractivity (Wildman–Crippen MR) is 73.5 cm³/mol. The molecule has 3 nitrogen and oxygen atoms in total. The van der Waals surface area contributed by atoms with Crippen LogP contribution in [0.4, 0.5) is 0 Å². The fraction of sp³-hybridized carbons (Fsp3) is 0.267. The number of pyridine rings is 1. The molecule has 0 spiro atoms. The van der Waals surface area contributed by atoms with Crippen LogP contribution in [0.2, 0.25) is 0 Å². The van der Waals surface area contributed by atoms with Crippen LogP contribution < -0.4 is 9.47 Å². The van der Waals surface area contributed by atoms with Crippen LogP contribution in [0, 0.1) is 13.8 Å². The van der Waals surface area contributed by atoms with Crippen molar-refractivity contribution in [1.82, 2.24) is 4.98 Å². The molecule has 1 aromatic heterocycles. The SMILES string of the molecule is C=CCOc1cc2nc(OC)cc(C)c2cc1C. The van der Waals surface area contributed by atoms with E-state index in [4.69, 9.17) is 9.47 Å². The molecular weight excluding hydrogens is 226 g/mol. The van der Waals surface area contributed by atoms with Crippen molar-refractivity contribution >= 4 is 10.9 Å². The number of ether oxygens (including phenoxy) is 2. The van der Waals surface area contributed by atoms with Gasteiger partial charge in [0.2, 0.25) is 5.88 Å². The minimum absolute atomic E-state index is 0.495. The van der Waals surface area contributed by atoms with Crippen LogP contribution in [0.3, 0.4) is 0 Å². The molecule has 0 N–H and O–H groups in total. The van der Waals surface area contributed by atoms with Gasteiger partial charge >= 0.3 is 0 Å². The van der Waals surface area contributed by atoms with Crippen LogP contribution in [0.5, 0.6) is 11.6 Å². The molecule has 2 rings (SSSR count). The lowest BCUT2D eigenvalue weighted by Gasteiger charge is -2.11. The second-order valence-electron chi connectivity index (χ2n) is 4.22. The molecule has 0 radical (unpaired) electrons. The Hall–Kier alpha value is -2.03. The van der Waals surface area contributed by atoms with Gasteiger partial charge in [-0.1, -0.05) is 12.7 Å². The molecule has 0 aliphatic rings. The van der Waals surface area contributed by atoms with Crippen molar-refractivity contribution in [3.63, 3.8) is 0 Å². The van der Waals surface area contributed by atoms with E-state index >= 15 is 0 Å². The summed E-state index contributed by atoms with van der Waals surface area (Å²) in [6, 6.07) is 5.98. The molecule has 0 bridgehead atoms. The van der Waals surface area contributed by atoms with Gasteiger partial charge in [-0.25, -0.2) is 4.98 Å². The molecule has 0 aliphatic heterocycles. The van der Waals surface area contributed by atoms with Gasteiger partial charge in [-0.2, -0.15) is 0 Å². The number of rotatable bonds is 4. The van der Waals surface area contributed by atoms with Crippen LogP contribution in [0.25, 0.3) is 10.9 Å². The van der Waals surface area contributed by atoms with Gasteiger partial charge in [-0.05, 0) is 31.0 Å². The zero-order valence-electron chi connectivity index (χ0n) is 11.0. The zero-order chi connectivity index (χ0) is 13.1. The van der Waals surface area contributed by atoms with E-state index in [-0.39, 0.29) is 0 Å². The summed E-state index contributed by atoms with van der Waals surface area (Å²) in [5.74, 6) is 1.46. The third kappa shape index (κ3) is 2.30. The second kappa shape index (κ2) is 5.08. The minimum Gasteiger partial charge on any atom is -0.489 e. The summed E-state index contributed by atoms with van der Waals surface area (Å²) in [5, 5.41) is 1.12. The van der Waals surface area contributed by atoms with Gasteiger partial charge in [-0.15, -0.1) is 0 Å². The summed E-state index contributed by atoms with van der Waals surface area (Å²) < 4.78 is 10.8. The van der Waals surface area contributed by atoms with Crippen molar-refractivity contribution in [2.24, 2.45) is 0 Å². The molecule has 0 atom stereocenters.